The molecule has 0 heterocycles. The zero-order chi connectivity index (χ0) is 18.4. The molecule has 0 aliphatic heterocycles. The normalized spacial score (nSPS) is 38.3. The number of esters is 1. The molecule has 5 fully saturated rings. The second kappa shape index (κ2) is 7.28. The highest BCUT2D eigenvalue weighted by atomic mass is 32.3. The van der Waals surface area contributed by atoms with Crippen LogP contribution in [0.3, 0.4) is 0 Å². The lowest BCUT2D eigenvalue weighted by Crippen LogP contribution is -2.49. The highest BCUT2D eigenvalue weighted by Crippen LogP contribution is 2.60. The molecule has 5 nitrogen and oxygen atoms in total. The van der Waals surface area contributed by atoms with Gasteiger partial charge in [-0.25, -0.2) is 4.79 Å². The lowest BCUT2D eigenvalue weighted by molar-refractivity contribution is -0.153. The molecule has 0 aromatic rings. The number of carbonyl (C=O) groups excluding carboxylic acids is 1. The van der Waals surface area contributed by atoms with Gasteiger partial charge in [0.25, 0.3) is 10.1 Å². The molecule has 26 heavy (non-hydrogen) atoms. The first kappa shape index (κ1) is 19.1. The minimum absolute atomic E-state index is 0.0592. The van der Waals surface area contributed by atoms with E-state index in [9.17, 15) is 17.8 Å². The second-order valence-corrected chi connectivity index (χ2v) is 12.5. The summed E-state index contributed by atoms with van der Waals surface area (Å²) >= 11 is 1.09. The van der Waals surface area contributed by atoms with Crippen LogP contribution in [0, 0.1) is 23.2 Å². The van der Waals surface area contributed by atoms with Crippen molar-refractivity contribution in [3.05, 3.63) is 0 Å². The van der Waals surface area contributed by atoms with Crippen LogP contribution in [0.5, 0.6) is 0 Å². The van der Waals surface area contributed by atoms with Gasteiger partial charge < -0.3 is 4.74 Å². The van der Waals surface area contributed by atoms with E-state index in [-0.39, 0.29) is 10.7 Å². The Balaban J connectivity index is 1.38. The average Bonchev–Trinajstić information content (AvgIpc) is 2.56. The fraction of sp³-hybridized carbons (Fsp3) is 0.947. The monoisotopic (exact) mass is 402 g/mol. The Morgan fingerprint density at radius 2 is 1.58 bits per heavy atom. The van der Waals surface area contributed by atoms with Crippen LogP contribution >= 0.6 is 11.8 Å². The van der Waals surface area contributed by atoms with Crippen molar-refractivity contribution in [2.45, 2.75) is 80.5 Å². The van der Waals surface area contributed by atoms with Crippen LogP contribution in [-0.2, 0) is 19.6 Å². The first-order chi connectivity index (χ1) is 12.3. The van der Waals surface area contributed by atoms with Crippen molar-refractivity contribution in [3.8, 4) is 0 Å². The molecule has 148 valence electrons. The molecular formula is C19H30O5S2. The Kier molecular flexibility index (Phi) is 5.34. The van der Waals surface area contributed by atoms with Crippen LogP contribution in [0.1, 0.15) is 70.6 Å². The number of carbonyl (C=O) groups is 1. The van der Waals surface area contributed by atoms with E-state index in [1.807, 2.05) is 0 Å². The molecule has 5 aliphatic carbocycles. The minimum Gasteiger partial charge on any atom is -0.463 e. The summed E-state index contributed by atoms with van der Waals surface area (Å²) in [6.07, 6.45) is 12.4. The summed E-state index contributed by atoms with van der Waals surface area (Å²) in [7, 11) is -4.45. The number of rotatable bonds is 6. The molecule has 1 unspecified atom stereocenters. The SMILES string of the molecule is O=C(OCC12CC3CC(CC(C3)C1)C2)C(SC1CCCCC1)S(=O)(=O)O. The van der Waals surface area contributed by atoms with Crippen LogP contribution in [-0.4, -0.2) is 35.4 Å². The van der Waals surface area contributed by atoms with Gasteiger partial charge in [0.15, 0.2) is 0 Å². The molecule has 1 atom stereocenters. The third kappa shape index (κ3) is 4.09. The van der Waals surface area contributed by atoms with E-state index in [0.717, 1.165) is 80.9 Å². The standard InChI is InChI=1S/C19H30O5S2/c20-17(18(26(21,22)23)25-16-4-2-1-3-5-16)24-12-19-9-13-6-14(10-19)8-15(7-13)11-19/h13-16,18H,1-12H2,(H,21,22,23). The number of ether oxygens (including phenoxy) is 1. The molecule has 0 aromatic heterocycles. The van der Waals surface area contributed by atoms with E-state index in [0.29, 0.717) is 6.61 Å². The van der Waals surface area contributed by atoms with Gasteiger partial charge in [0.05, 0.1) is 6.61 Å². The molecule has 5 aliphatic rings. The highest BCUT2D eigenvalue weighted by molar-refractivity contribution is 8.13. The third-order valence-electron chi connectivity index (χ3n) is 7.02. The summed E-state index contributed by atoms with van der Waals surface area (Å²) in [4.78, 5) is 12.6. The van der Waals surface area contributed by atoms with Crippen LogP contribution < -0.4 is 0 Å². The molecule has 5 rings (SSSR count). The van der Waals surface area contributed by atoms with Gasteiger partial charge in [-0.05, 0) is 69.1 Å². The average molecular weight is 403 g/mol. The zero-order valence-electron chi connectivity index (χ0n) is 15.3. The Morgan fingerprint density at radius 1 is 1.04 bits per heavy atom. The van der Waals surface area contributed by atoms with Crippen LogP contribution in [0.25, 0.3) is 0 Å². The maximum Gasteiger partial charge on any atom is 0.337 e. The van der Waals surface area contributed by atoms with Gasteiger partial charge in [0, 0.05) is 10.7 Å². The van der Waals surface area contributed by atoms with E-state index in [2.05, 4.69) is 0 Å². The number of hydrogen-bond donors (Lipinski definition) is 1. The molecule has 0 saturated heterocycles. The summed E-state index contributed by atoms with van der Waals surface area (Å²) in [5.74, 6) is 1.51. The maximum atomic E-state index is 12.6. The Morgan fingerprint density at radius 3 is 2.08 bits per heavy atom. The summed E-state index contributed by atoms with van der Waals surface area (Å²) in [6, 6.07) is 0. The summed E-state index contributed by atoms with van der Waals surface area (Å²) in [5.41, 5.74) is 0.0592. The van der Waals surface area contributed by atoms with Crippen molar-refractivity contribution in [3.63, 3.8) is 0 Å². The van der Waals surface area contributed by atoms with E-state index in [1.165, 1.54) is 19.3 Å². The quantitative estimate of drug-likeness (QED) is 0.534. The fourth-order valence-corrected chi connectivity index (χ4v) is 8.86. The molecule has 0 spiro atoms. The van der Waals surface area contributed by atoms with Gasteiger partial charge >= 0.3 is 5.97 Å². The van der Waals surface area contributed by atoms with Gasteiger partial charge in [0.1, 0.15) is 0 Å². The summed E-state index contributed by atoms with van der Waals surface area (Å²) in [5, 5.41) is 0.114. The third-order valence-corrected chi connectivity index (χ3v) is 10.1. The predicted octanol–water partition coefficient (Wildman–Crippen LogP) is 4.03. The smallest absolute Gasteiger partial charge is 0.337 e. The van der Waals surface area contributed by atoms with E-state index < -0.39 is 20.7 Å². The van der Waals surface area contributed by atoms with Crippen LogP contribution in [0.15, 0.2) is 0 Å². The number of thioether (sulfide) groups is 1. The Hall–Kier alpha value is -0.270. The van der Waals surface area contributed by atoms with Crippen molar-refractivity contribution >= 4 is 27.8 Å². The molecule has 1 N–H and O–H groups in total. The maximum absolute atomic E-state index is 12.6. The molecule has 0 aromatic carbocycles. The molecule has 0 amide bonds. The van der Waals surface area contributed by atoms with Gasteiger partial charge in [-0.3, -0.25) is 4.55 Å². The van der Waals surface area contributed by atoms with Crippen LogP contribution in [0.2, 0.25) is 0 Å². The minimum atomic E-state index is -4.45. The van der Waals surface area contributed by atoms with Crippen molar-refractivity contribution in [2.24, 2.45) is 23.2 Å². The Bertz CT molecular complexity index is 603. The topological polar surface area (TPSA) is 80.7 Å². The predicted molar refractivity (Wildman–Crippen MR) is 101 cm³/mol. The van der Waals surface area contributed by atoms with Gasteiger partial charge in [-0.15, -0.1) is 11.8 Å². The molecular weight excluding hydrogens is 372 g/mol. The first-order valence-electron chi connectivity index (χ1n) is 10.1. The molecule has 0 radical (unpaired) electrons. The molecule has 7 heteroatoms. The van der Waals surface area contributed by atoms with Crippen molar-refractivity contribution in [1.82, 2.24) is 0 Å². The Labute approximate surface area is 160 Å². The lowest BCUT2D eigenvalue weighted by Gasteiger charge is -2.56. The zero-order valence-corrected chi connectivity index (χ0v) is 16.9. The highest BCUT2D eigenvalue weighted by Gasteiger charge is 2.51. The first-order valence-corrected chi connectivity index (χ1v) is 12.6. The van der Waals surface area contributed by atoms with Crippen molar-refractivity contribution in [1.29, 1.82) is 0 Å². The fourth-order valence-electron chi connectivity index (χ4n) is 6.38. The van der Waals surface area contributed by atoms with Crippen molar-refractivity contribution < 1.29 is 22.5 Å². The molecule has 4 bridgehead atoms. The number of hydrogen-bond acceptors (Lipinski definition) is 5. The van der Waals surface area contributed by atoms with Gasteiger partial charge in [-0.1, -0.05) is 19.3 Å². The van der Waals surface area contributed by atoms with Gasteiger partial charge in [0.2, 0.25) is 4.58 Å². The molecule has 5 saturated carbocycles. The van der Waals surface area contributed by atoms with E-state index in [4.69, 9.17) is 4.74 Å². The second-order valence-electron chi connectivity index (χ2n) is 9.27. The summed E-state index contributed by atoms with van der Waals surface area (Å²) in [6.45, 7) is 0.326. The largest absolute Gasteiger partial charge is 0.463 e. The van der Waals surface area contributed by atoms with E-state index >= 15 is 0 Å². The summed E-state index contributed by atoms with van der Waals surface area (Å²) < 4.78 is 37.3. The lowest BCUT2D eigenvalue weighted by atomic mass is 9.50. The van der Waals surface area contributed by atoms with Crippen molar-refractivity contribution in [2.75, 3.05) is 6.61 Å². The van der Waals surface area contributed by atoms with Gasteiger partial charge in [-0.2, -0.15) is 8.42 Å². The van der Waals surface area contributed by atoms with E-state index in [1.54, 1.807) is 0 Å². The van der Waals surface area contributed by atoms with Crippen LogP contribution in [0.4, 0.5) is 0 Å².